The summed E-state index contributed by atoms with van der Waals surface area (Å²) >= 11 is 3.53. The normalized spacial score (nSPS) is 12.6. The zero-order valence-electron chi connectivity index (χ0n) is 13.1. The van der Waals surface area contributed by atoms with Crippen molar-refractivity contribution in [1.82, 2.24) is 5.32 Å². The van der Waals surface area contributed by atoms with Crippen LogP contribution in [0.1, 0.15) is 43.5 Å². The second-order valence-corrected chi connectivity index (χ2v) is 6.99. The van der Waals surface area contributed by atoms with Gasteiger partial charge in [0.25, 0.3) is 0 Å². The van der Waals surface area contributed by atoms with Crippen molar-refractivity contribution in [3.63, 3.8) is 0 Å². The fourth-order valence-corrected chi connectivity index (χ4v) is 2.85. The van der Waals surface area contributed by atoms with Crippen LogP contribution in [-0.4, -0.2) is 0 Å². The minimum absolute atomic E-state index is 0.345. The summed E-state index contributed by atoms with van der Waals surface area (Å²) < 4.78 is 1.13. The highest BCUT2D eigenvalue weighted by Crippen LogP contribution is 2.18. The second-order valence-electron chi connectivity index (χ2n) is 6.07. The van der Waals surface area contributed by atoms with Crippen LogP contribution in [0.15, 0.2) is 53.0 Å². The third kappa shape index (κ3) is 5.29. The Hall–Kier alpha value is -1.12. The predicted molar refractivity (Wildman–Crippen MR) is 94.4 cm³/mol. The average molecular weight is 346 g/mol. The first-order valence-corrected chi connectivity index (χ1v) is 8.40. The maximum atomic E-state index is 3.58. The molecule has 0 aliphatic carbocycles. The van der Waals surface area contributed by atoms with Gasteiger partial charge in [-0.1, -0.05) is 66.2 Å². The van der Waals surface area contributed by atoms with Crippen molar-refractivity contribution in [3.05, 3.63) is 69.7 Å². The van der Waals surface area contributed by atoms with Crippen LogP contribution in [-0.2, 0) is 13.0 Å². The quantitative estimate of drug-likeness (QED) is 0.728. The summed E-state index contributed by atoms with van der Waals surface area (Å²) in [5.41, 5.74) is 4.07. The van der Waals surface area contributed by atoms with E-state index in [0.717, 1.165) is 17.4 Å². The van der Waals surface area contributed by atoms with E-state index < -0.39 is 0 Å². The molecule has 0 radical (unpaired) electrons. The zero-order valence-corrected chi connectivity index (χ0v) is 14.7. The minimum Gasteiger partial charge on any atom is -0.306 e. The molecule has 0 saturated heterocycles. The molecule has 0 heterocycles. The summed E-state index contributed by atoms with van der Waals surface area (Å²) in [4.78, 5) is 0. The molecule has 1 N–H and O–H groups in total. The topological polar surface area (TPSA) is 12.0 Å². The SMILES string of the molecule is CC(C)Cc1ccc(CNC(C)c2cccc(Br)c2)cc1. The Morgan fingerprint density at radius 3 is 2.24 bits per heavy atom. The maximum absolute atomic E-state index is 3.58. The summed E-state index contributed by atoms with van der Waals surface area (Å²) in [6.45, 7) is 7.62. The van der Waals surface area contributed by atoms with E-state index >= 15 is 0 Å². The van der Waals surface area contributed by atoms with Gasteiger partial charge in [0.05, 0.1) is 0 Å². The van der Waals surface area contributed by atoms with E-state index in [9.17, 15) is 0 Å². The van der Waals surface area contributed by atoms with Gasteiger partial charge in [-0.3, -0.25) is 0 Å². The summed E-state index contributed by atoms with van der Waals surface area (Å²) in [6.07, 6.45) is 1.15. The van der Waals surface area contributed by atoms with Gasteiger partial charge in [0.1, 0.15) is 0 Å². The molecule has 2 aromatic carbocycles. The molecule has 1 unspecified atom stereocenters. The van der Waals surface area contributed by atoms with Crippen LogP contribution >= 0.6 is 15.9 Å². The van der Waals surface area contributed by atoms with Crippen molar-refractivity contribution < 1.29 is 0 Å². The highest BCUT2D eigenvalue weighted by atomic mass is 79.9. The van der Waals surface area contributed by atoms with E-state index in [4.69, 9.17) is 0 Å². The number of hydrogen-bond donors (Lipinski definition) is 1. The van der Waals surface area contributed by atoms with Crippen molar-refractivity contribution >= 4 is 15.9 Å². The van der Waals surface area contributed by atoms with Gasteiger partial charge < -0.3 is 5.32 Å². The Balaban J connectivity index is 1.90. The van der Waals surface area contributed by atoms with E-state index in [1.165, 1.54) is 16.7 Å². The van der Waals surface area contributed by atoms with Crippen LogP contribution < -0.4 is 5.32 Å². The van der Waals surface area contributed by atoms with Crippen molar-refractivity contribution in [2.75, 3.05) is 0 Å². The van der Waals surface area contributed by atoms with Crippen LogP contribution in [0.2, 0.25) is 0 Å². The van der Waals surface area contributed by atoms with Crippen LogP contribution in [0.5, 0.6) is 0 Å². The summed E-state index contributed by atoms with van der Waals surface area (Å²) in [5, 5.41) is 3.58. The van der Waals surface area contributed by atoms with Crippen molar-refractivity contribution in [3.8, 4) is 0 Å². The molecular weight excluding hydrogens is 322 g/mol. The van der Waals surface area contributed by atoms with Crippen LogP contribution in [0.3, 0.4) is 0 Å². The van der Waals surface area contributed by atoms with Gasteiger partial charge in [0.2, 0.25) is 0 Å². The molecule has 21 heavy (non-hydrogen) atoms. The molecule has 0 amide bonds. The lowest BCUT2D eigenvalue weighted by Gasteiger charge is -2.15. The van der Waals surface area contributed by atoms with E-state index in [2.05, 4.69) is 90.5 Å². The number of hydrogen-bond acceptors (Lipinski definition) is 1. The standard InChI is InChI=1S/C19H24BrN/c1-14(2)11-16-7-9-17(10-8-16)13-21-15(3)18-5-4-6-19(20)12-18/h4-10,12,14-15,21H,11,13H2,1-3H3. The Labute approximate surface area is 136 Å². The molecule has 1 nitrogen and oxygen atoms in total. The van der Waals surface area contributed by atoms with Gasteiger partial charge in [-0.2, -0.15) is 0 Å². The Kier molecular flexibility index (Phi) is 6.01. The zero-order chi connectivity index (χ0) is 15.2. The first kappa shape index (κ1) is 16.3. The fourth-order valence-electron chi connectivity index (χ4n) is 2.43. The molecule has 0 spiro atoms. The summed E-state index contributed by atoms with van der Waals surface area (Å²) in [5.74, 6) is 0.713. The second kappa shape index (κ2) is 7.77. The number of nitrogens with one attached hydrogen (secondary N) is 1. The van der Waals surface area contributed by atoms with E-state index in [0.29, 0.717) is 12.0 Å². The van der Waals surface area contributed by atoms with E-state index in [1.54, 1.807) is 0 Å². The van der Waals surface area contributed by atoms with E-state index in [1.807, 2.05) is 0 Å². The fraction of sp³-hybridized carbons (Fsp3) is 0.368. The highest BCUT2D eigenvalue weighted by molar-refractivity contribution is 9.10. The highest BCUT2D eigenvalue weighted by Gasteiger charge is 2.05. The maximum Gasteiger partial charge on any atom is 0.0295 e. The summed E-state index contributed by atoms with van der Waals surface area (Å²) in [7, 11) is 0. The lowest BCUT2D eigenvalue weighted by Crippen LogP contribution is -2.18. The largest absolute Gasteiger partial charge is 0.306 e. The van der Waals surface area contributed by atoms with Gasteiger partial charge in [0, 0.05) is 17.1 Å². The lowest BCUT2D eigenvalue weighted by molar-refractivity contribution is 0.574. The molecule has 0 aliphatic rings. The van der Waals surface area contributed by atoms with Gasteiger partial charge >= 0.3 is 0 Å². The Morgan fingerprint density at radius 2 is 1.62 bits per heavy atom. The Bertz CT molecular complexity index is 560. The molecule has 2 heteroatoms. The van der Waals surface area contributed by atoms with Gasteiger partial charge in [-0.15, -0.1) is 0 Å². The molecule has 2 rings (SSSR count). The van der Waals surface area contributed by atoms with Gasteiger partial charge in [-0.25, -0.2) is 0 Å². The first-order valence-electron chi connectivity index (χ1n) is 7.61. The van der Waals surface area contributed by atoms with Gasteiger partial charge in [-0.05, 0) is 48.1 Å². The first-order chi connectivity index (χ1) is 10.0. The van der Waals surface area contributed by atoms with Crippen molar-refractivity contribution in [2.24, 2.45) is 5.92 Å². The van der Waals surface area contributed by atoms with Crippen LogP contribution in [0.25, 0.3) is 0 Å². The van der Waals surface area contributed by atoms with Crippen LogP contribution in [0, 0.1) is 5.92 Å². The average Bonchev–Trinajstić information content (AvgIpc) is 2.45. The third-order valence-corrected chi connectivity index (χ3v) is 4.12. The molecule has 0 aromatic heterocycles. The predicted octanol–water partition coefficient (Wildman–Crippen LogP) is 5.50. The molecule has 0 aliphatic heterocycles. The molecule has 0 bridgehead atoms. The monoisotopic (exact) mass is 345 g/mol. The lowest BCUT2D eigenvalue weighted by atomic mass is 10.0. The van der Waals surface area contributed by atoms with Crippen molar-refractivity contribution in [2.45, 2.75) is 39.8 Å². The molecular formula is C19H24BrN. The smallest absolute Gasteiger partial charge is 0.0295 e. The van der Waals surface area contributed by atoms with Gasteiger partial charge in [0.15, 0.2) is 0 Å². The molecule has 112 valence electrons. The Morgan fingerprint density at radius 1 is 0.952 bits per heavy atom. The molecule has 0 saturated carbocycles. The van der Waals surface area contributed by atoms with E-state index in [-0.39, 0.29) is 0 Å². The molecule has 0 fully saturated rings. The third-order valence-electron chi connectivity index (χ3n) is 3.63. The molecule has 1 atom stereocenters. The minimum atomic E-state index is 0.345. The number of rotatable bonds is 6. The molecule has 2 aromatic rings. The number of halogens is 1. The van der Waals surface area contributed by atoms with Crippen LogP contribution in [0.4, 0.5) is 0 Å². The number of benzene rings is 2. The summed E-state index contributed by atoms with van der Waals surface area (Å²) in [6, 6.07) is 17.8. The van der Waals surface area contributed by atoms with Crippen molar-refractivity contribution in [1.29, 1.82) is 0 Å².